The minimum atomic E-state index is 0.0905. The molecule has 100 valence electrons. The fraction of sp³-hybridized carbons (Fsp3) is 0.571. The molecule has 0 spiro atoms. The van der Waals surface area contributed by atoms with Crippen LogP contribution >= 0.6 is 23.2 Å². The van der Waals surface area contributed by atoms with Crippen LogP contribution < -0.4 is 10.2 Å². The van der Waals surface area contributed by atoms with E-state index in [1.165, 1.54) is 0 Å². The molecule has 0 aliphatic carbocycles. The molecule has 1 N–H and O–H groups in total. The molecule has 2 nitrogen and oxygen atoms in total. The quantitative estimate of drug-likeness (QED) is 0.843. The molecule has 1 unspecified atom stereocenters. The summed E-state index contributed by atoms with van der Waals surface area (Å²) in [5, 5.41) is 5.09. The number of rotatable bonds is 1. The van der Waals surface area contributed by atoms with Gasteiger partial charge in [0.1, 0.15) is 0 Å². The SMILES string of the molecule is Cc1cc(Cl)c(N2CC(C)(C)NCC2C)cc1Cl. The van der Waals surface area contributed by atoms with Gasteiger partial charge in [0.15, 0.2) is 0 Å². The summed E-state index contributed by atoms with van der Waals surface area (Å²) in [6.07, 6.45) is 0. The fourth-order valence-corrected chi connectivity index (χ4v) is 2.83. The molecule has 1 aromatic rings. The maximum atomic E-state index is 6.37. The number of halogens is 2. The Balaban J connectivity index is 2.38. The first-order valence-electron chi connectivity index (χ1n) is 6.27. The highest BCUT2D eigenvalue weighted by atomic mass is 35.5. The lowest BCUT2D eigenvalue weighted by molar-refractivity contribution is 0.318. The van der Waals surface area contributed by atoms with Crippen molar-refractivity contribution in [1.82, 2.24) is 5.32 Å². The number of nitrogens with zero attached hydrogens (tertiary/aromatic N) is 1. The predicted molar refractivity (Wildman–Crippen MR) is 80.1 cm³/mol. The van der Waals surface area contributed by atoms with Gasteiger partial charge in [0.05, 0.1) is 10.7 Å². The minimum absolute atomic E-state index is 0.0905. The number of hydrogen-bond donors (Lipinski definition) is 1. The summed E-state index contributed by atoms with van der Waals surface area (Å²) >= 11 is 12.6. The van der Waals surface area contributed by atoms with Crippen LogP contribution in [-0.2, 0) is 0 Å². The van der Waals surface area contributed by atoms with Gasteiger partial charge in [-0.05, 0) is 45.4 Å². The van der Waals surface area contributed by atoms with E-state index in [0.717, 1.165) is 34.4 Å². The second-order valence-electron chi connectivity index (χ2n) is 5.79. The van der Waals surface area contributed by atoms with Crippen LogP contribution in [0.2, 0.25) is 10.0 Å². The molecule has 0 bridgehead atoms. The standard InChI is InChI=1S/C14H20Cl2N2/c1-9-5-12(16)13(6-11(9)15)18-8-14(3,4)17-7-10(18)2/h5-6,10,17H,7-8H2,1-4H3. The summed E-state index contributed by atoms with van der Waals surface area (Å²) in [7, 11) is 0. The zero-order valence-corrected chi connectivity index (χ0v) is 12.9. The normalized spacial score (nSPS) is 23.2. The summed E-state index contributed by atoms with van der Waals surface area (Å²) in [6, 6.07) is 4.34. The van der Waals surface area contributed by atoms with Crippen LogP contribution in [0.5, 0.6) is 0 Å². The molecule has 0 amide bonds. The maximum Gasteiger partial charge on any atom is 0.0643 e. The number of benzene rings is 1. The van der Waals surface area contributed by atoms with E-state index in [0.29, 0.717) is 6.04 Å². The van der Waals surface area contributed by atoms with Crippen LogP contribution in [0.25, 0.3) is 0 Å². The van der Waals surface area contributed by atoms with Gasteiger partial charge in [-0.2, -0.15) is 0 Å². The second kappa shape index (κ2) is 4.92. The molecule has 2 rings (SSSR count). The topological polar surface area (TPSA) is 15.3 Å². The highest BCUT2D eigenvalue weighted by molar-refractivity contribution is 6.35. The van der Waals surface area contributed by atoms with E-state index in [-0.39, 0.29) is 5.54 Å². The van der Waals surface area contributed by atoms with E-state index < -0.39 is 0 Å². The minimum Gasteiger partial charge on any atom is -0.364 e. The Morgan fingerprint density at radius 1 is 1.28 bits per heavy atom. The molecule has 1 aliphatic rings. The van der Waals surface area contributed by atoms with Gasteiger partial charge in [-0.15, -0.1) is 0 Å². The average molecular weight is 287 g/mol. The van der Waals surface area contributed by atoms with E-state index in [9.17, 15) is 0 Å². The van der Waals surface area contributed by atoms with Gasteiger partial charge in [0.2, 0.25) is 0 Å². The Bertz CT molecular complexity index is 457. The molecule has 0 radical (unpaired) electrons. The van der Waals surface area contributed by atoms with Crippen molar-refractivity contribution < 1.29 is 0 Å². The van der Waals surface area contributed by atoms with Crippen molar-refractivity contribution in [3.05, 3.63) is 27.7 Å². The third-order valence-electron chi connectivity index (χ3n) is 3.51. The van der Waals surface area contributed by atoms with Crippen molar-refractivity contribution >= 4 is 28.9 Å². The number of nitrogens with one attached hydrogen (secondary N) is 1. The van der Waals surface area contributed by atoms with Gasteiger partial charge >= 0.3 is 0 Å². The Morgan fingerprint density at radius 2 is 1.94 bits per heavy atom. The molecular weight excluding hydrogens is 267 g/mol. The van der Waals surface area contributed by atoms with Crippen molar-refractivity contribution in [3.63, 3.8) is 0 Å². The largest absolute Gasteiger partial charge is 0.364 e. The Hall–Kier alpha value is -0.440. The number of piperazine rings is 1. The van der Waals surface area contributed by atoms with E-state index in [4.69, 9.17) is 23.2 Å². The van der Waals surface area contributed by atoms with Gasteiger partial charge in [-0.25, -0.2) is 0 Å². The Labute approximate surface area is 119 Å². The van der Waals surface area contributed by atoms with E-state index in [2.05, 4.69) is 31.0 Å². The van der Waals surface area contributed by atoms with Gasteiger partial charge in [-0.1, -0.05) is 23.2 Å². The van der Waals surface area contributed by atoms with Crippen molar-refractivity contribution in [2.45, 2.75) is 39.3 Å². The smallest absolute Gasteiger partial charge is 0.0643 e. The summed E-state index contributed by atoms with van der Waals surface area (Å²) in [4.78, 5) is 2.34. The molecule has 1 aromatic carbocycles. The first-order valence-corrected chi connectivity index (χ1v) is 7.03. The van der Waals surface area contributed by atoms with Crippen molar-refractivity contribution in [2.75, 3.05) is 18.0 Å². The molecular formula is C14H20Cl2N2. The first-order chi connectivity index (χ1) is 8.30. The molecule has 1 atom stereocenters. The molecule has 0 saturated carbocycles. The van der Waals surface area contributed by atoms with E-state index in [1.54, 1.807) is 0 Å². The predicted octanol–water partition coefficient (Wildman–Crippen LogP) is 3.88. The first kappa shape index (κ1) is 14.0. The second-order valence-corrected chi connectivity index (χ2v) is 6.61. The lowest BCUT2D eigenvalue weighted by atomic mass is 9.98. The zero-order chi connectivity index (χ0) is 13.5. The monoisotopic (exact) mass is 286 g/mol. The summed E-state index contributed by atoms with van der Waals surface area (Å²) in [5.74, 6) is 0. The molecule has 0 aromatic heterocycles. The van der Waals surface area contributed by atoms with Gasteiger partial charge in [0, 0.05) is 29.7 Å². The molecule has 1 aliphatic heterocycles. The zero-order valence-electron chi connectivity index (χ0n) is 11.3. The van der Waals surface area contributed by atoms with Crippen LogP contribution in [0.3, 0.4) is 0 Å². The lowest BCUT2D eigenvalue weighted by Gasteiger charge is -2.45. The van der Waals surface area contributed by atoms with E-state index >= 15 is 0 Å². The highest BCUT2D eigenvalue weighted by Crippen LogP contribution is 2.34. The summed E-state index contributed by atoms with van der Waals surface area (Å²) in [5.41, 5.74) is 2.15. The summed E-state index contributed by atoms with van der Waals surface area (Å²) < 4.78 is 0. The van der Waals surface area contributed by atoms with Crippen molar-refractivity contribution in [2.24, 2.45) is 0 Å². The van der Waals surface area contributed by atoms with Crippen molar-refractivity contribution in [1.29, 1.82) is 0 Å². The lowest BCUT2D eigenvalue weighted by Crippen LogP contribution is -2.61. The summed E-state index contributed by atoms with van der Waals surface area (Å²) in [6.45, 7) is 10.5. The highest BCUT2D eigenvalue weighted by Gasteiger charge is 2.31. The maximum absolute atomic E-state index is 6.37. The van der Waals surface area contributed by atoms with Crippen molar-refractivity contribution in [3.8, 4) is 0 Å². The van der Waals surface area contributed by atoms with Crippen LogP contribution in [-0.4, -0.2) is 24.7 Å². The van der Waals surface area contributed by atoms with Gasteiger partial charge < -0.3 is 10.2 Å². The Morgan fingerprint density at radius 3 is 2.61 bits per heavy atom. The van der Waals surface area contributed by atoms with E-state index in [1.807, 2.05) is 19.1 Å². The number of anilines is 1. The molecule has 1 heterocycles. The van der Waals surface area contributed by atoms with Crippen LogP contribution in [0.15, 0.2) is 12.1 Å². The molecule has 18 heavy (non-hydrogen) atoms. The number of hydrogen-bond acceptors (Lipinski definition) is 2. The third kappa shape index (κ3) is 2.76. The average Bonchev–Trinajstić information content (AvgIpc) is 2.27. The molecule has 1 saturated heterocycles. The Kier molecular flexibility index (Phi) is 3.82. The third-order valence-corrected chi connectivity index (χ3v) is 4.22. The van der Waals surface area contributed by atoms with Gasteiger partial charge in [-0.3, -0.25) is 0 Å². The van der Waals surface area contributed by atoms with Crippen LogP contribution in [0.1, 0.15) is 26.3 Å². The number of aryl methyl sites for hydroxylation is 1. The van der Waals surface area contributed by atoms with Crippen LogP contribution in [0.4, 0.5) is 5.69 Å². The molecule has 4 heteroatoms. The molecule has 1 fully saturated rings. The fourth-order valence-electron chi connectivity index (χ4n) is 2.35. The van der Waals surface area contributed by atoms with Gasteiger partial charge in [0.25, 0.3) is 0 Å². The van der Waals surface area contributed by atoms with Crippen LogP contribution in [0, 0.1) is 6.92 Å².